The van der Waals surface area contributed by atoms with Gasteiger partial charge in [-0.2, -0.15) is 4.99 Å². The molecule has 0 aliphatic heterocycles. The smallest absolute Gasteiger partial charge is 0.332 e. The molecule has 8 nitrogen and oxygen atoms in total. The van der Waals surface area contributed by atoms with Crippen LogP contribution in [0.4, 0.5) is 0 Å². The summed E-state index contributed by atoms with van der Waals surface area (Å²) in [6.45, 7) is 2.38. The molecular weight excluding hydrogens is 486 g/mol. The number of benzene rings is 1. The minimum Gasteiger partial charge on any atom is -0.481 e. The highest BCUT2D eigenvalue weighted by Crippen LogP contribution is 2.17. The predicted octanol–water partition coefficient (Wildman–Crippen LogP) is 6.69. The summed E-state index contributed by atoms with van der Waals surface area (Å²) >= 11 is 0. The molecule has 0 aromatic heterocycles. The number of carbonyl (C=O) groups is 3. The Labute approximate surface area is 227 Å². The van der Waals surface area contributed by atoms with Crippen molar-refractivity contribution in [3.8, 4) is 0 Å². The van der Waals surface area contributed by atoms with Crippen molar-refractivity contribution < 1.29 is 33.8 Å². The van der Waals surface area contributed by atoms with E-state index in [0.29, 0.717) is 6.42 Å². The first-order valence-corrected chi connectivity index (χ1v) is 14.1. The van der Waals surface area contributed by atoms with Crippen LogP contribution in [0.5, 0.6) is 0 Å². The Balaban J connectivity index is 2.34. The summed E-state index contributed by atoms with van der Waals surface area (Å²) in [6.07, 6.45) is 14.1. The van der Waals surface area contributed by atoms with Gasteiger partial charge in [0.25, 0.3) is 0 Å². The van der Waals surface area contributed by atoms with Crippen LogP contribution >= 0.6 is 0 Å². The number of isocyanates is 1. The zero-order chi connectivity index (χ0) is 27.8. The highest BCUT2D eigenvalue weighted by atomic mass is 16.5. The molecule has 0 spiro atoms. The number of carboxylic acids is 1. The standard InChI is InChI=1S/C30H45NO7/c1-2-3-4-5-6-7-8-9-10-11-15-19-26(22-28(33)34)38-30(36)27(31-24-32)20-16-21-29(35)37-23-25-17-13-12-14-18-25/h12-14,17-18,26-27H,2-11,15-16,19-23H2,1H3,(H,33,34)/t26?,27-/m0/s1. The summed E-state index contributed by atoms with van der Waals surface area (Å²) in [5, 5.41) is 9.22. The lowest BCUT2D eigenvalue weighted by atomic mass is 10.0. The number of carbonyl (C=O) groups excluding carboxylic acids is 3. The fourth-order valence-corrected chi connectivity index (χ4v) is 4.23. The van der Waals surface area contributed by atoms with Crippen molar-refractivity contribution in [1.29, 1.82) is 0 Å². The van der Waals surface area contributed by atoms with Crippen molar-refractivity contribution in [3.05, 3.63) is 35.9 Å². The molecule has 0 heterocycles. The van der Waals surface area contributed by atoms with Gasteiger partial charge in [0.15, 0.2) is 6.04 Å². The van der Waals surface area contributed by atoms with Gasteiger partial charge in [0.05, 0.1) is 6.42 Å². The summed E-state index contributed by atoms with van der Waals surface area (Å²) < 4.78 is 10.6. The third-order valence-corrected chi connectivity index (χ3v) is 6.40. The Hall–Kier alpha value is -2.99. The first-order chi connectivity index (χ1) is 18.5. The maximum atomic E-state index is 12.6. The zero-order valence-corrected chi connectivity index (χ0v) is 22.9. The minimum atomic E-state index is -1.12. The van der Waals surface area contributed by atoms with Gasteiger partial charge in [0.1, 0.15) is 12.7 Å². The van der Waals surface area contributed by atoms with Crippen molar-refractivity contribution in [2.75, 3.05) is 0 Å². The average molecular weight is 532 g/mol. The maximum absolute atomic E-state index is 12.6. The molecule has 0 aliphatic rings. The molecule has 8 heteroatoms. The molecular formula is C30H45NO7. The highest BCUT2D eigenvalue weighted by molar-refractivity contribution is 5.78. The molecule has 0 radical (unpaired) electrons. The number of aliphatic imine (C=N–C) groups is 1. The van der Waals surface area contributed by atoms with Gasteiger partial charge >= 0.3 is 17.9 Å². The molecule has 1 N–H and O–H groups in total. The van der Waals surface area contributed by atoms with Crippen LogP contribution in [0, 0.1) is 0 Å². The molecule has 2 atom stereocenters. The molecule has 0 amide bonds. The third-order valence-electron chi connectivity index (χ3n) is 6.40. The summed E-state index contributed by atoms with van der Waals surface area (Å²) in [6, 6.07) is 8.15. The van der Waals surface area contributed by atoms with Crippen molar-refractivity contribution in [2.24, 2.45) is 4.99 Å². The number of esters is 2. The van der Waals surface area contributed by atoms with Crippen LogP contribution in [-0.2, 0) is 35.3 Å². The monoisotopic (exact) mass is 531 g/mol. The number of aliphatic carboxylic acids is 1. The van der Waals surface area contributed by atoms with Gasteiger partial charge in [-0.1, -0.05) is 101 Å². The number of carboxylic acid groups (broad SMARTS) is 1. The summed E-state index contributed by atoms with van der Waals surface area (Å²) in [4.78, 5) is 50.2. The molecule has 1 aromatic rings. The van der Waals surface area contributed by atoms with E-state index in [1.165, 1.54) is 51.0 Å². The molecule has 0 aliphatic carbocycles. The quantitative estimate of drug-likeness (QED) is 0.0723. The number of unbranched alkanes of at least 4 members (excludes halogenated alkanes) is 10. The predicted molar refractivity (Wildman–Crippen MR) is 145 cm³/mol. The Kier molecular flexibility index (Phi) is 19.2. The second-order valence-corrected chi connectivity index (χ2v) is 9.76. The molecule has 1 unspecified atom stereocenters. The maximum Gasteiger partial charge on any atom is 0.332 e. The van der Waals surface area contributed by atoms with Crippen LogP contribution in [0.2, 0.25) is 0 Å². The number of ether oxygens (including phenoxy) is 2. The highest BCUT2D eigenvalue weighted by Gasteiger charge is 2.25. The summed E-state index contributed by atoms with van der Waals surface area (Å²) in [5.74, 6) is -2.24. The van der Waals surface area contributed by atoms with E-state index in [9.17, 15) is 24.3 Å². The summed E-state index contributed by atoms with van der Waals surface area (Å²) in [7, 11) is 0. The Morgan fingerprint density at radius 2 is 1.47 bits per heavy atom. The van der Waals surface area contributed by atoms with Gasteiger partial charge in [-0.25, -0.2) is 9.59 Å². The summed E-state index contributed by atoms with van der Waals surface area (Å²) in [5.41, 5.74) is 0.870. The largest absolute Gasteiger partial charge is 0.481 e. The molecule has 1 aromatic carbocycles. The fraction of sp³-hybridized carbons (Fsp3) is 0.667. The molecule has 1 rings (SSSR count). The third kappa shape index (κ3) is 17.5. The van der Waals surface area contributed by atoms with E-state index in [1.807, 2.05) is 30.3 Å². The second kappa shape index (κ2) is 22.0. The van der Waals surface area contributed by atoms with Gasteiger partial charge in [0.2, 0.25) is 6.08 Å². The van der Waals surface area contributed by atoms with E-state index in [0.717, 1.165) is 31.2 Å². The van der Waals surface area contributed by atoms with E-state index in [2.05, 4.69) is 11.9 Å². The normalized spacial score (nSPS) is 12.2. The van der Waals surface area contributed by atoms with Crippen LogP contribution in [0.25, 0.3) is 0 Å². The SMILES string of the molecule is CCCCCCCCCCCCCC(CC(=O)O)OC(=O)[C@H](CCCC(=O)OCc1ccccc1)N=C=O. The molecule has 0 bridgehead atoms. The van der Waals surface area contributed by atoms with Crippen molar-refractivity contribution in [2.45, 2.75) is 128 Å². The van der Waals surface area contributed by atoms with Gasteiger partial charge in [-0.15, -0.1) is 0 Å². The van der Waals surface area contributed by atoms with Gasteiger partial charge in [0, 0.05) is 6.42 Å². The Bertz CT molecular complexity index is 836. The Morgan fingerprint density at radius 3 is 2.05 bits per heavy atom. The molecule has 0 saturated heterocycles. The van der Waals surface area contributed by atoms with Crippen molar-refractivity contribution in [1.82, 2.24) is 0 Å². The lowest BCUT2D eigenvalue weighted by Crippen LogP contribution is -2.29. The first-order valence-electron chi connectivity index (χ1n) is 14.1. The van der Waals surface area contributed by atoms with Crippen LogP contribution in [0.15, 0.2) is 35.3 Å². The second-order valence-electron chi connectivity index (χ2n) is 9.76. The van der Waals surface area contributed by atoms with Gasteiger partial charge in [-0.3, -0.25) is 9.59 Å². The van der Waals surface area contributed by atoms with Crippen LogP contribution in [-0.4, -0.2) is 41.2 Å². The Morgan fingerprint density at radius 1 is 0.868 bits per heavy atom. The van der Waals surface area contributed by atoms with E-state index < -0.39 is 30.1 Å². The topological polar surface area (TPSA) is 119 Å². The van der Waals surface area contributed by atoms with Crippen LogP contribution in [0.1, 0.15) is 115 Å². The van der Waals surface area contributed by atoms with E-state index in [-0.39, 0.29) is 32.3 Å². The van der Waals surface area contributed by atoms with Crippen molar-refractivity contribution in [3.63, 3.8) is 0 Å². The van der Waals surface area contributed by atoms with Crippen LogP contribution < -0.4 is 0 Å². The minimum absolute atomic E-state index is 0.0578. The lowest BCUT2D eigenvalue weighted by Gasteiger charge is -2.18. The number of nitrogens with zero attached hydrogens (tertiary/aromatic N) is 1. The molecule has 212 valence electrons. The average Bonchev–Trinajstić information content (AvgIpc) is 2.90. The van der Waals surface area contributed by atoms with Crippen molar-refractivity contribution >= 4 is 24.0 Å². The molecule has 0 fully saturated rings. The van der Waals surface area contributed by atoms with Gasteiger partial charge < -0.3 is 14.6 Å². The van der Waals surface area contributed by atoms with E-state index >= 15 is 0 Å². The fourth-order valence-electron chi connectivity index (χ4n) is 4.23. The van der Waals surface area contributed by atoms with E-state index in [1.54, 1.807) is 0 Å². The van der Waals surface area contributed by atoms with E-state index in [4.69, 9.17) is 9.47 Å². The van der Waals surface area contributed by atoms with Gasteiger partial charge in [-0.05, 0) is 31.2 Å². The number of rotatable bonds is 23. The first kappa shape index (κ1) is 33.0. The molecule has 0 saturated carbocycles. The van der Waals surface area contributed by atoms with Crippen LogP contribution in [0.3, 0.4) is 0 Å². The lowest BCUT2D eigenvalue weighted by molar-refractivity contribution is -0.155. The number of hydrogen-bond acceptors (Lipinski definition) is 7. The zero-order valence-electron chi connectivity index (χ0n) is 22.9. The number of hydrogen-bond donors (Lipinski definition) is 1. The molecule has 38 heavy (non-hydrogen) atoms.